The number of amides is 1. The van der Waals surface area contributed by atoms with Crippen molar-refractivity contribution in [3.8, 4) is 22.9 Å². The second-order valence-corrected chi connectivity index (χ2v) is 17.0. The van der Waals surface area contributed by atoms with Gasteiger partial charge in [-0.15, -0.1) is 20.4 Å². The fourth-order valence-electron chi connectivity index (χ4n) is 8.94. The molecule has 1 amide bonds. The summed E-state index contributed by atoms with van der Waals surface area (Å²) in [7, 11) is 0. The van der Waals surface area contributed by atoms with E-state index in [1.807, 2.05) is 17.3 Å². The molecule has 4 N–H and O–H groups in total. The topological polar surface area (TPSA) is 248 Å². The first-order chi connectivity index (χ1) is 32.8. The van der Waals surface area contributed by atoms with Gasteiger partial charge in [-0.3, -0.25) is 19.6 Å². The second kappa shape index (κ2) is 19.7. The first-order valence-corrected chi connectivity index (χ1v) is 22.5. The second-order valence-electron chi connectivity index (χ2n) is 17.0. The largest absolute Gasteiger partial charge is 0.481 e. The molecule has 0 saturated carbocycles. The Balaban J connectivity index is 0.000000135. The number of hydrogen-bond acceptors (Lipinski definition) is 17. The van der Waals surface area contributed by atoms with Crippen LogP contribution in [0.2, 0.25) is 0 Å². The third-order valence-electron chi connectivity index (χ3n) is 12.3. The molecule has 0 spiro atoms. The summed E-state index contributed by atoms with van der Waals surface area (Å²) in [4.78, 5) is 51.2. The fourth-order valence-corrected chi connectivity index (χ4v) is 8.94. The highest BCUT2D eigenvalue weighted by Gasteiger charge is 2.27. The SMILES string of the molecule is C1=NC2=C(C1)CNCC2.O=C(Cc1nnc(-c2cnc(NC3Cc4ccccc4C3)nc2)o1)N1CCC2=C(CC=N2)C1.O=C(O)Cc1nnc(-c2cnc(NC3Cc4ccccc4C3)nc2)o1. The van der Waals surface area contributed by atoms with E-state index < -0.39 is 5.97 Å². The van der Waals surface area contributed by atoms with Crippen molar-refractivity contribution in [1.29, 1.82) is 0 Å². The molecule has 4 aliphatic heterocycles. The number of aliphatic imine (C=N–C) groups is 2. The Morgan fingerprint density at radius 3 is 1.66 bits per heavy atom. The summed E-state index contributed by atoms with van der Waals surface area (Å²) in [5.74, 6) is 0.923. The summed E-state index contributed by atoms with van der Waals surface area (Å²) < 4.78 is 11.0. The number of nitrogens with one attached hydrogen (secondary N) is 3. The van der Waals surface area contributed by atoms with Gasteiger partial charge in [0.05, 0.1) is 11.1 Å². The predicted octanol–water partition coefficient (Wildman–Crippen LogP) is 5.05. The molecule has 2 aromatic carbocycles. The van der Waals surface area contributed by atoms with Crippen LogP contribution in [-0.4, -0.2) is 113 Å². The van der Waals surface area contributed by atoms with E-state index in [9.17, 15) is 9.59 Å². The normalized spacial score (nSPS) is 17.0. The molecule has 2 aliphatic carbocycles. The van der Waals surface area contributed by atoms with E-state index in [4.69, 9.17) is 13.9 Å². The van der Waals surface area contributed by atoms with E-state index in [0.717, 1.165) is 70.2 Å². The van der Waals surface area contributed by atoms with Gasteiger partial charge in [0, 0.05) is 113 Å². The lowest BCUT2D eigenvalue weighted by Crippen LogP contribution is -2.37. The number of rotatable bonds is 10. The minimum atomic E-state index is -1.02. The molecule has 8 heterocycles. The maximum Gasteiger partial charge on any atom is 0.312 e. The van der Waals surface area contributed by atoms with Gasteiger partial charge < -0.3 is 34.8 Å². The highest BCUT2D eigenvalue weighted by atomic mass is 16.4. The number of hydrogen-bond donors (Lipinski definition) is 4. The molecule has 340 valence electrons. The standard InChI is InChI=1S/C24H23N7O2.C17H15N5O3.C7H10N2/c32-22(31-8-6-20-17(14-31)5-7-25-20)11-21-29-30-23(33-21)18-12-26-24(27-13-18)28-19-9-15-3-1-2-4-16(15)10-19;23-15(24)7-14-21-22-16(25-14)12-8-18-17(19-9-12)20-13-5-10-3-1-2-4-11(10)6-13;1-4-9-7-2-3-8-5-6(1)7/h1-4,7,12-13,19H,5-6,8-11,14H2,(H,26,27,28);1-4,8-9,13H,5-7H2,(H,23,24)(H,18,19,20);4,8H,1-3,5H2. The molecule has 0 saturated heterocycles. The number of aliphatic carboxylic acids is 1. The van der Waals surface area contributed by atoms with Gasteiger partial charge in [-0.25, -0.2) is 19.9 Å². The molecule has 0 unspecified atom stereocenters. The Labute approximate surface area is 385 Å². The van der Waals surface area contributed by atoms with Crippen molar-refractivity contribution in [2.75, 3.05) is 36.8 Å². The van der Waals surface area contributed by atoms with E-state index in [-0.39, 0.29) is 42.6 Å². The van der Waals surface area contributed by atoms with Crippen LogP contribution in [-0.2, 0) is 48.1 Å². The van der Waals surface area contributed by atoms with Gasteiger partial charge in [0.25, 0.3) is 11.8 Å². The number of carboxylic acids is 1. The lowest BCUT2D eigenvalue weighted by molar-refractivity contribution is -0.136. The minimum absolute atomic E-state index is 0.0167. The average Bonchev–Trinajstić information content (AvgIpc) is 4.22. The first-order valence-electron chi connectivity index (χ1n) is 22.5. The molecule has 12 rings (SSSR count). The number of aromatic nitrogens is 8. The van der Waals surface area contributed by atoms with E-state index in [0.29, 0.717) is 47.9 Å². The lowest BCUT2D eigenvalue weighted by atomic mass is 10.1. The van der Waals surface area contributed by atoms with Crippen molar-refractivity contribution >= 4 is 36.2 Å². The molecule has 0 bridgehead atoms. The summed E-state index contributed by atoms with van der Waals surface area (Å²) in [5, 5.41) is 34.4. The van der Waals surface area contributed by atoms with Crippen LogP contribution in [0.5, 0.6) is 0 Å². The smallest absolute Gasteiger partial charge is 0.312 e. The van der Waals surface area contributed by atoms with Gasteiger partial charge in [0.2, 0.25) is 29.6 Å². The molecule has 67 heavy (non-hydrogen) atoms. The molecule has 4 aromatic heterocycles. The van der Waals surface area contributed by atoms with E-state index in [1.165, 1.54) is 39.1 Å². The third-order valence-corrected chi connectivity index (χ3v) is 12.3. The molecular weight excluding hydrogens is 853 g/mol. The minimum Gasteiger partial charge on any atom is -0.481 e. The lowest BCUT2D eigenvalue weighted by Gasteiger charge is -2.27. The zero-order chi connectivity index (χ0) is 45.5. The van der Waals surface area contributed by atoms with Gasteiger partial charge >= 0.3 is 5.97 Å². The van der Waals surface area contributed by atoms with Crippen molar-refractivity contribution in [2.45, 2.75) is 76.3 Å². The molecule has 19 heteroatoms. The Kier molecular flexibility index (Phi) is 12.7. The number of carbonyl (C=O) groups excluding carboxylic acids is 1. The van der Waals surface area contributed by atoms with Gasteiger partial charge in [0.15, 0.2) is 0 Å². The van der Waals surface area contributed by atoms with Crippen molar-refractivity contribution in [1.82, 2.24) is 50.5 Å². The molecule has 6 aliphatic rings. The number of benzene rings is 2. The molecule has 0 atom stereocenters. The Morgan fingerprint density at radius 1 is 0.657 bits per heavy atom. The van der Waals surface area contributed by atoms with Crippen molar-refractivity contribution in [2.24, 2.45) is 9.98 Å². The van der Waals surface area contributed by atoms with Crippen LogP contribution in [0.1, 0.15) is 59.7 Å². The van der Waals surface area contributed by atoms with Crippen LogP contribution >= 0.6 is 0 Å². The number of carboxylic acid groups (broad SMARTS) is 1. The fraction of sp³-hybridized carbons (Fsp3) is 0.333. The number of carbonyl (C=O) groups is 2. The first kappa shape index (κ1) is 43.1. The third kappa shape index (κ3) is 10.5. The van der Waals surface area contributed by atoms with Crippen molar-refractivity contribution in [3.63, 3.8) is 0 Å². The van der Waals surface area contributed by atoms with E-state index >= 15 is 0 Å². The monoisotopic (exact) mass is 900 g/mol. The van der Waals surface area contributed by atoms with Crippen molar-refractivity contribution in [3.05, 3.63) is 130 Å². The Morgan fingerprint density at radius 2 is 1.15 bits per heavy atom. The summed E-state index contributed by atoms with van der Waals surface area (Å²) in [6, 6.07) is 17.4. The molecule has 0 fully saturated rings. The summed E-state index contributed by atoms with van der Waals surface area (Å²) in [6.07, 6.45) is 17.9. The van der Waals surface area contributed by atoms with Crippen LogP contribution in [0.3, 0.4) is 0 Å². The van der Waals surface area contributed by atoms with Crippen LogP contribution in [0.15, 0.2) is 115 Å². The van der Waals surface area contributed by atoms with Crippen LogP contribution in [0, 0.1) is 0 Å². The van der Waals surface area contributed by atoms with Gasteiger partial charge in [0.1, 0.15) is 12.8 Å². The average molecular weight is 901 g/mol. The number of nitrogens with zero attached hydrogens (tertiary/aromatic N) is 11. The predicted molar refractivity (Wildman–Crippen MR) is 247 cm³/mol. The zero-order valence-electron chi connectivity index (χ0n) is 36.6. The van der Waals surface area contributed by atoms with Gasteiger partial charge in [-0.05, 0) is 59.1 Å². The molecule has 6 aromatic rings. The highest BCUT2D eigenvalue weighted by Crippen LogP contribution is 2.28. The van der Waals surface area contributed by atoms with Crippen molar-refractivity contribution < 1.29 is 23.5 Å². The molecule has 19 nitrogen and oxygen atoms in total. The van der Waals surface area contributed by atoms with E-state index in [2.05, 4.69) is 115 Å². The van der Waals surface area contributed by atoms with Gasteiger partial charge in [-0.1, -0.05) is 48.5 Å². The zero-order valence-corrected chi connectivity index (χ0v) is 36.6. The highest BCUT2D eigenvalue weighted by molar-refractivity contribution is 5.79. The molecular formula is C48H48N14O5. The summed E-state index contributed by atoms with van der Waals surface area (Å²) in [5.41, 5.74) is 11.8. The maximum absolute atomic E-state index is 12.7. The number of fused-ring (bicyclic) bond motifs is 2. The maximum atomic E-state index is 12.7. The van der Waals surface area contributed by atoms with Crippen LogP contribution in [0.4, 0.5) is 11.9 Å². The molecule has 0 radical (unpaired) electrons. The van der Waals surface area contributed by atoms with Crippen LogP contribution < -0.4 is 16.0 Å². The summed E-state index contributed by atoms with van der Waals surface area (Å²) >= 11 is 0. The summed E-state index contributed by atoms with van der Waals surface area (Å²) in [6.45, 7) is 3.47. The number of anilines is 2. The Hall–Kier alpha value is -7.80. The van der Waals surface area contributed by atoms with E-state index in [1.54, 1.807) is 24.8 Å². The Bertz CT molecular complexity index is 2840. The quantitative estimate of drug-likeness (QED) is 0.140. The van der Waals surface area contributed by atoms with Gasteiger partial charge in [-0.2, -0.15) is 0 Å². The van der Waals surface area contributed by atoms with Crippen LogP contribution in [0.25, 0.3) is 22.9 Å².